The lowest BCUT2D eigenvalue weighted by molar-refractivity contribution is 0.351. The van der Waals surface area contributed by atoms with Crippen LogP contribution in [-0.4, -0.2) is 23.1 Å². The molecule has 21 heavy (non-hydrogen) atoms. The maximum atomic E-state index is 5.61. The third-order valence-corrected chi connectivity index (χ3v) is 4.63. The van der Waals surface area contributed by atoms with Crippen LogP contribution in [0.3, 0.4) is 0 Å². The molecule has 2 heterocycles. The molecule has 1 fully saturated rings. The largest absolute Gasteiger partial charge is 0.356 e. The highest BCUT2D eigenvalue weighted by atomic mass is 15.3. The highest BCUT2D eigenvalue weighted by molar-refractivity contribution is 5.58. The van der Waals surface area contributed by atoms with Gasteiger partial charge in [0.15, 0.2) is 0 Å². The Morgan fingerprint density at radius 1 is 1.29 bits per heavy atom. The van der Waals surface area contributed by atoms with Crippen LogP contribution in [0.4, 0.5) is 11.6 Å². The van der Waals surface area contributed by atoms with Crippen LogP contribution in [0.15, 0.2) is 0 Å². The van der Waals surface area contributed by atoms with E-state index in [2.05, 4.69) is 43.0 Å². The number of rotatable bonds is 4. The first-order valence-electron chi connectivity index (χ1n) is 8.15. The molecule has 1 aliphatic rings. The van der Waals surface area contributed by atoms with Gasteiger partial charge in [0.1, 0.15) is 17.5 Å². The van der Waals surface area contributed by atoms with Crippen molar-refractivity contribution in [3.63, 3.8) is 0 Å². The molecule has 1 aromatic rings. The van der Waals surface area contributed by atoms with Gasteiger partial charge in [0.25, 0.3) is 0 Å². The van der Waals surface area contributed by atoms with E-state index >= 15 is 0 Å². The summed E-state index contributed by atoms with van der Waals surface area (Å²) in [7, 11) is 0. The fourth-order valence-electron chi connectivity index (χ4n) is 3.16. The third-order valence-electron chi connectivity index (χ3n) is 4.63. The summed E-state index contributed by atoms with van der Waals surface area (Å²) in [5.74, 6) is 9.86. The predicted molar refractivity (Wildman–Crippen MR) is 88.3 cm³/mol. The lowest BCUT2D eigenvalue weighted by Crippen LogP contribution is -2.28. The number of hydrogen-bond acceptors (Lipinski definition) is 5. The Hall–Kier alpha value is -1.36. The highest BCUT2D eigenvalue weighted by Crippen LogP contribution is 2.29. The molecule has 3 N–H and O–H groups in total. The third kappa shape index (κ3) is 3.64. The first kappa shape index (κ1) is 16.0. The van der Waals surface area contributed by atoms with Crippen molar-refractivity contribution in [1.29, 1.82) is 0 Å². The Balaban J connectivity index is 2.24. The van der Waals surface area contributed by atoms with Gasteiger partial charge >= 0.3 is 0 Å². The zero-order valence-corrected chi connectivity index (χ0v) is 13.8. The van der Waals surface area contributed by atoms with Crippen LogP contribution in [0, 0.1) is 18.8 Å². The zero-order valence-electron chi connectivity index (χ0n) is 13.8. The van der Waals surface area contributed by atoms with E-state index in [0.717, 1.165) is 54.4 Å². The van der Waals surface area contributed by atoms with Crippen LogP contribution in [0.5, 0.6) is 0 Å². The van der Waals surface area contributed by atoms with Gasteiger partial charge in [0.2, 0.25) is 0 Å². The molecular weight excluding hydrogens is 262 g/mol. The van der Waals surface area contributed by atoms with Gasteiger partial charge < -0.3 is 10.3 Å². The number of aryl methyl sites for hydroxylation is 1. The van der Waals surface area contributed by atoms with E-state index in [-0.39, 0.29) is 0 Å². The fraction of sp³-hybridized carbons (Fsp3) is 0.750. The molecule has 118 valence electrons. The molecule has 5 nitrogen and oxygen atoms in total. The van der Waals surface area contributed by atoms with Gasteiger partial charge in [0.05, 0.1) is 0 Å². The zero-order chi connectivity index (χ0) is 15.4. The molecule has 0 saturated carbocycles. The summed E-state index contributed by atoms with van der Waals surface area (Å²) in [4.78, 5) is 11.6. The normalized spacial score (nSPS) is 19.7. The van der Waals surface area contributed by atoms with Gasteiger partial charge in [-0.3, -0.25) is 0 Å². The summed E-state index contributed by atoms with van der Waals surface area (Å²) in [6.07, 6.45) is 4.62. The van der Waals surface area contributed by atoms with Gasteiger partial charge in [-0.25, -0.2) is 15.8 Å². The van der Waals surface area contributed by atoms with Crippen LogP contribution in [0.25, 0.3) is 0 Å². The fourth-order valence-corrected chi connectivity index (χ4v) is 3.16. The van der Waals surface area contributed by atoms with Crippen molar-refractivity contribution >= 4 is 11.6 Å². The molecule has 0 aliphatic carbocycles. The van der Waals surface area contributed by atoms with Crippen molar-refractivity contribution in [2.75, 3.05) is 23.4 Å². The standard InChI is InChI=1S/C16H29N5/c1-5-14-18-15(20-17)12(4)16(19-14)21-9-6-7-13(8-10-21)11(2)3/h11,13H,5-10,17H2,1-4H3,(H,18,19,20). The smallest absolute Gasteiger partial charge is 0.148 e. The average molecular weight is 291 g/mol. The number of anilines is 2. The van der Waals surface area contributed by atoms with Crippen molar-refractivity contribution in [1.82, 2.24) is 9.97 Å². The average Bonchev–Trinajstić information content (AvgIpc) is 2.73. The number of nitrogens with two attached hydrogens (primary N) is 1. The van der Waals surface area contributed by atoms with Crippen molar-refractivity contribution in [3.8, 4) is 0 Å². The molecule has 1 aromatic heterocycles. The number of aromatic nitrogens is 2. The second kappa shape index (κ2) is 7.07. The van der Waals surface area contributed by atoms with Crippen molar-refractivity contribution in [2.45, 2.75) is 53.4 Å². The summed E-state index contributed by atoms with van der Waals surface area (Å²) in [6, 6.07) is 0. The number of nitrogens with one attached hydrogen (secondary N) is 1. The number of nitrogens with zero attached hydrogens (tertiary/aromatic N) is 3. The summed E-state index contributed by atoms with van der Waals surface area (Å²) in [5, 5.41) is 0. The number of hydrogen-bond donors (Lipinski definition) is 2. The predicted octanol–water partition coefficient (Wildman–Crippen LogP) is 2.90. The van der Waals surface area contributed by atoms with Crippen LogP contribution in [-0.2, 0) is 6.42 Å². The van der Waals surface area contributed by atoms with Gasteiger partial charge in [-0.15, -0.1) is 0 Å². The molecule has 1 aliphatic heterocycles. The van der Waals surface area contributed by atoms with Crippen LogP contribution in [0.2, 0.25) is 0 Å². The summed E-state index contributed by atoms with van der Waals surface area (Å²) in [5.41, 5.74) is 3.77. The molecule has 1 atom stereocenters. The van der Waals surface area contributed by atoms with E-state index in [0.29, 0.717) is 0 Å². The first-order chi connectivity index (χ1) is 10.1. The number of nitrogen functional groups attached to an aromatic ring is 1. The molecule has 2 rings (SSSR count). The van der Waals surface area contributed by atoms with E-state index in [4.69, 9.17) is 10.8 Å². The topological polar surface area (TPSA) is 67.1 Å². The molecule has 0 amide bonds. The lowest BCUT2D eigenvalue weighted by Gasteiger charge is -2.25. The van der Waals surface area contributed by atoms with Crippen LogP contribution < -0.4 is 16.2 Å². The molecule has 0 bridgehead atoms. The van der Waals surface area contributed by atoms with E-state index in [1.807, 2.05) is 0 Å². The molecule has 0 spiro atoms. The quantitative estimate of drug-likeness (QED) is 0.659. The monoisotopic (exact) mass is 291 g/mol. The minimum Gasteiger partial charge on any atom is -0.356 e. The number of hydrazine groups is 1. The van der Waals surface area contributed by atoms with E-state index in [1.165, 1.54) is 19.3 Å². The minimum atomic E-state index is 0.751. The maximum Gasteiger partial charge on any atom is 0.148 e. The van der Waals surface area contributed by atoms with Crippen LogP contribution >= 0.6 is 0 Å². The summed E-state index contributed by atoms with van der Waals surface area (Å²) in [6.45, 7) is 11.0. The van der Waals surface area contributed by atoms with Crippen LogP contribution in [0.1, 0.15) is 51.4 Å². The van der Waals surface area contributed by atoms with Gasteiger partial charge in [-0.1, -0.05) is 20.8 Å². The molecule has 5 heteroatoms. The Kier molecular flexibility index (Phi) is 5.39. The Morgan fingerprint density at radius 2 is 2.05 bits per heavy atom. The van der Waals surface area contributed by atoms with Gasteiger partial charge in [0, 0.05) is 25.1 Å². The minimum absolute atomic E-state index is 0.751. The molecule has 0 radical (unpaired) electrons. The lowest BCUT2D eigenvalue weighted by atomic mass is 9.89. The first-order valence-corrected chi connectivity index (χ1v) is 8.15. The Morgan fingerprint density at radius 3 is 2.67 bits per heavy atom. The summed E-state index contributed by atoms with van der Waals surface area (Å²) >= 11 is 0. The van der Waals surface area contributed by atoms with Crippen molar-refractivity contribution in [2.24, 2.45) is 17.7 Å². The molecule has 1 unspecified atom stereocenters. The molecule has 1 saturated heterocycles. The Bertz CT molecular complexity index is 472. The second-order valence-corrected chi connectivity index (χ2v) is 6.36. The van der Waals surface area contributed by atoms with E-state index in [9.17, 15) is 0 Å². The van der Waals surface area contributed by atoms with E-state index in [1.54, 1.807) is 0 Å². The maximum absolute atomic E-state index is 5.61. The van der Waals surface area contributed by atoms with Crippen molar-refractivity contribution in [3.05, 3.63) is 11.4 Å². The summed E-state index contributed by atoms with van der Waals surface area (Å²) < 4.78 is 0. The molecular formula is C16H29N5. The molecule has 0 aromatic carbocycles. The highest BCUT2D eigenvalue weighted by Gasteiger charge is 2.22. The van der Waals surface area contributed by atoms with Crippen molar-refractivity contribution < 1.29 is 0 Å². The SMILES string of the molecule is CCc1nc(NN)c(C)c(N2CCCC(C(C)C)CC2)n1. The van der Waals surface area contributed by atoms with Gasteiger partial charge in [-0.2, -0.15) is 0 Å². The van der Waals surface area contributed by atoms with E-state index < -0.39 is 0 Å². The van der Waals surface area contributed by atoms with Gasteiger partial charge in [-0.05, 0) is 38.0 Å². The Labute approximate surface area is 128 Å². The second-order valence-electron chi connectivity index (χ2n) is 6.36.